The van der Waals surface area contributed by atoms with Gasteiger partial charge in [0, 0.05) is 13.1 Å². The second-order valence-electron chi connectivity index (χ2n) is 10.6. The van der Waals surface area contributed by atoms with E-state index >= 15 is 0 Å². The molecule has 6 nitrogen and oxygen atoms in total. The van der Waals surface area contributed by atoms with Crippen molar-refractivity contribution in [2.75, 3.05) is 0 Å². The van der Waals surface area contributed by atoms with Gasteiger partial charge in [-0.25, -0.2) is 0 Å². The minimum atomic E-state index is -0.463. The summed E-state index contributed by atoms with van der Waals surface area (Å²) in [6.45, 7) is 1.30. The zero-order valence-electron chi connectivity index (χ0n) is 22.3. The second kappa shape index (κ2) is 11.9. The van der Waals surface area contributed by atoms with Crippen LogP contribution in [0, 0.1) is 0 Å². The van der Waals surface area contributed by atoms with Crippen molar-refractivity contribution in [3.05, 3.63) is 143 Å². The molecular formula is C34H34N4O2. The third-order valence-corrected chi connectivity index (χ3v) is 8.04. The van der Waals surface area contributed by atoms with Crippen LogP contribution >= 0.6 is 0 Å². The van der Waals surface area contributed by atoms with E-state index in [1.54, 1.807) is 0 Å². The lowest BCUT2D eigenvalue weighted by Crippen LogP contribution is -2.53. The third-order valence-electron chi connectivity index (χ3n) is 8.04. The van der Waals surface area contributed by atoms with Crippen molar-refractivity contribution in [1.29, 1.82) is 0 Å². The van der Waals surface area contributed by atoms with Crippen LogP contribution in [0.5, 0.6) is 0 Å². The molecule has 4 atom stereocenters. The van der Waals surface area contributed by atoms with Gasteiger partial charge in [-0.1, -0.05) is 109 Å². The van der Waals surface area contributed by atoms with Crippen molar-refractivity contribution >= 4 is 11.8 Å². The first kappa shape index (κ1) is 26.0. The summed E-state index contributed by atoms with van der Waals surface area (Å²) in [6.07, 6.45) is 1.24. The first-order valence-electron chi connectivity index (χ1n) is 14.0. The largest absolute Gasteiger partial charge is 0.345 e. The van der Waals surface area contributed by atoms with Crippen molar-refractivity contribution < 1.29 is 9.59 Å². The minimum absolute atomic E-state index is 0.0803. The highest BCUT2D eigenvalue weighted by Crippen LogP contribution is 2.30. The quantitative estimate of drug-likeness (QED) is 0.290. The fourth-order valence-corrected chi connectivity index (χ4v) is 5.83. The van der Waals surface area contributed by atoms with Gasteiger partial charge in [0.05, 0.1) is 24.2 Å². The number of nitrogens with one attached hydrogen (secondary N) is 4. The van der Waals surface area contributed by atoms with Gasteiger partial charge in [-0.05, 0) is 46.2 Å². The number of carbonyl (C=O) groups excluding carboxylic acids is 2. The van der Waals surface area contributed by atoms with Crippen molar-refractivity contribution in [3.63, 3.8) is 0 Å². The van der Waals surface area contributed by atoms with Gasteiger partial charge < -0.3 is 21.3 Å². The Hall–Kier alpha value is -4.26. The molecule has 0 saturated carbocycles. The normalized spacial score (nSPS) is 19.4. The maximum atomic E-state index is 13.8. The van der Waals surface area contributed by atoms with Crippen molar-refractivity contribution in [2.45, 2.75) is 50.1 Å². The highest BCUT2D eigenvalue weighted by Gasteiger charge is 2.33. The molecule has 4 aromatic carbocycles. The molecule has 2 heterocycles. The van der Waals surface area contributed by atoms with Gasteiger partial charge in [0.2, 0.25) is 11.8 Å². The highest BCUT2D eigenvalue weighted by atomic mass is 16.2. The van der Waals surface area contributed by atoms with Gasteiger partial charge in [-0.2, -0.15) is 0 Å². The van der Waals surface area contributed by atoms with E-state index in [2.05, 4.69) is 45.5 Å². The van der Waals surface area contributed by atoms with Crippen LogP contribution in [0.2, 0.25) is 0 Å². The van der Waals surface area contributed by atoms with E-state index in [4.69, 9.17) is 0 Å². The molecule has 0 aromatic heterocycles. The van der Waals surface area contributed by atoms with E-state index in [0.29, 0.717) is 25.9 Å². The molecule has 0 unspecified atom stereocenters. The Morgan fingerprint density at radius 3 is 1.27 bits per heavy atom. The van der Waals surface area contributed by atoms with E-state index in [-0.39, 0.29) is 23.9 Å². The van der Waals surface area contributed by atoms with E-state index in [0.717, 1.165) is 11.1 Å². The maximum Gasteiger partial charge on any atom is 0.238 e. The summed E-state index contributed by atoms with van der Waals surface area (Å²) in [6, 6.07) is 34.6. The van der Waals surface area contributed by atoms with Crippen molar-refractivity contribution in [2.24, 2.45) is 0 Å². The van der Waals surface area contributed by atoms with Crippen molar-refractivity contribution in [1.82, 2.24) is 21.3 Å². The number of amides is 2. The summed E-state index contributed by atoms with van der Waals surface area (Å²) in [4.78, 5) is 27.5. The Labute approximate surface area is 235 Å². The molecule has 2 amide bonds. The molecule has 6 heteroatoms. The summed E-state index contributed by atoms with van der Waals surface area (Å²) in [5.41, 5.74) is 6.69. The lowest BCUT2D eigenvalue weighted by molar-refractivity contribution is -0.127. The molecular weight excluding hydrogens is 496 g/mol. The zero-order valence-corrected chi connectivity index (χ0v) is 22.3. The number of hydrogen-bond acceptors (Lipinski definition) is 4. The Balaban J connectivity index is 1.28. The fourth-order valence-electron chi connectivity index (χ4n) is 5.83. The molecule has 202 valence electrons. The van der Waals surface area contributed by atoms with Crippen LogP contribution in [-0.4, -0.2) is 23.9 Å². The smallest absolute Gasteiger partial charge is 0.238 e. The lowest BCUT2D eigenvalue weighted by atomic mass is 9.90. The van der Waals surface area contributed by atoms with Crippen LogP contribution in [0.1, 0.15) is 45.5 Å². The summed E-state index contributed by atoms with van der Waals surface area (Å²) in [7, 11) is 0. The van der Waals surface area contributed by atoms with Gasteiger partial charge in [0.25, 0.3) is 0 Å². The van der Waals surface area contributed by atoms with Crippen LogP contribution in [0.3, 0.4) is 0 Å². The topological polar surface area (TPSA) is 82.3 Å². The van der Waals surface area contributed by atoms with E-state index in [1.165, 1.54) is 22.3 Å². The average Bonchev–Trinajstić information content (AvgIpc) is 3.02. The Kier molecular flexibility index (Phi) is 7.71. The molecule has 0 saturated heterocycles. The molecule has 40 heavy (non-hydrogen) atoms. The van der Waals surface area contributed by atoms with Crippen LogP contribution in [0.15, 0.2) is 109 Å². The molecule has 0 bridgehead atoms. The van der Waals surface area contributed by atoms with Crippen LogP contribution in [-0.2, 0) is 35.5 Å². The number of rotatable bonds is 7. The molecule has 4 aromatic rings. The van der Waals surface area contributed by atoms with Gasteiger partial charge in [0.15, 0.2) is 0 Å². The zero-order chi connectivity index (χ0) is 27.3. The molecule has 0 spiro atoms. The van der Waals surface area contributed by atoms with Crippen LogP contribution in [0.4, 0.5) is 0 Å². The van der Waals surface area contributed by atoms with E-state index in [1.807, 2.05) is 84.9 Å². The lowest BCUT2D eigenvalue weighted by Gasteiger charge is -2.34. The third kappa shape index (κ3) is 5.69. The number of carbonyl (C=O) groups is 2. The summed E-state index contributed by atoms with van der Waals surface area (Å²) in [5, 5.41) is 13.4. The van der Waals surface area contributed by atoms with Gasteiger partial charge >= 0.3 is 0 Å². The molecule has 2 aliphatic rings. The van der Waals surface area contributed by atoms with E-state index in [9.17, 15) is 9.59 Å². The van der Waals surface area contributed by atoms with Crippen LogP contribution in [0.25, 0.3) is 0 Å². The standard InChI is InChI=1S/C34H34N4O2/c39-33(29-19-25-15-7-9-17-27(25)21-35-29)37-31(23-11-3-1-4-12-23)32(24-13-5-2-6-14-24)38-34(40)30-20-26-16-8-10-18-28(26)22-36-30/h1-18,29-32,35-36H,19-22H2,(H,37,39)(H,38,40)/t29-,30-,31+,32+/m0/s1. The number of fused-ring (bicyclic) bond motifs is 2. The Morgan fingerprint density at radius 1 is 0.525 bits per heavy atom. The fraction of sp³-hybridized carbons (Fsp3) is 0.235. The first-order chi connectivity index (χ1) is 19.7. The highest BCUT2D eigenvalue weighted by molar-refractivity contribution is 5.84. The average molecular weight is 531 g/mol. The van der Waals surface area contributed by atoms with Crippen molar-refractivity contribution in [3.8, 4) is 0 Å². The molecule has 0 aliphatic carbocycles. The maximum absolute atomic E-state index is 13.8. The monoisotopic (exact) mass is 530 g/mol. The summed E-state index contributed by atoms with van der Waals surface area (Å²) < 4.78 is 0. The molecule has 0 fully saturated rings. The summed E-state index contributed by atoms with van der Waals surface area (Å²) in [5.74, 6) is -0.161. The minimum Gasteiger partial charge on any atom is -0.345 e. The Bertz CT molecular complexity index is 1360. The Morgan fingerprint density at radius 2 is 0.875 bits per heavy atom. The molecule has 6 rings (SSSR count). The molecule has 2 aliphatic heterocycles. The van der Waals surface area contributed by atoms with E-state index < -0.39 is 12.1 Å². The van der Waals surface area contributed by atoms with Gasteiger partial charge in [0.1, 0.15) is 0 Å². The van der Waals surface area contributed by atoms with Gasteiger partial charge in [-0.15, -0.1) is 0 Å². The molecule has 4 N–H and O–H groups in total. The van der Waals surface area contributed by atoms with Crippen LogP contribution < -0.4 is 21.3 Å². The predicted molar refractivity (Wildman–Crippen MR) is 156 cm³/mol. The first-order valence-corrected chi connectivity index (χ1v) is 14.0. The number of hydrogen-bond donors (Lipinski definition) is 4. The summed E-state index contributed by atoms with van der Waals surface area (Å²) >= 11 is 0. The second-order valence-corrected chi connectivity index (χ2v) is 10.6. The molecule has 0 radical (unpaired) electrons. The predicted octanol–water partition coefficient (Wildman–Crippen LogP) is 4.13. The number of benzene rings is 4. The van der Waals surface area contributed by atoms with Gasteiger partial charge in [-0.3, -0.25) is 9.59 Å². The SMILES string of the molecule is O=C(N[C@H](c1ccccc1)[C@H](NC(=O)[C@@H]1Cc2ccccc2CN1)c1ccccc1)[C@@H]1Cc2ccccc2CN1.